The van der Waals surface area contributed by atoms with Crippen molar-refractivity contribution in [1.29, 1.82) is 0 Å². The molecule has 1 unspecified atom stereocenters. The van der Waals surface area contributed by atoms with E-state index in [-0.39, 0.29) is 18.1 Å². The molecule has 0 bridgehead atoms. The number of nitrogens with zero attached hydrogens (tertiary/aromatic N) is 2. The lowest BCUT2D eigenvalue weighted by Gasteiger charge is -2.24. The van der Waals surface area contributed by atoms with Crippen LogP contribution in [0, 0.1) is 12.3 Å². The van der Waals surface area contributed by atoms with Crippen LogP contribution in [-0.4, -0.2) is 37.2 Å². The van der Waals surface area contributed by atoms with Gasteiger partial charge in [-0.15, -0.1) is 11.3 Å². The van der Waals surface area contributed by atoms with E-state index in [0.717, 1.165) is 49.8 Å². The summed E-state index contributed by atoms with van der Waals surface area (Å²) in [5, 5.41) is 0. The van der Waals surface area contributed by atoms with E-state index < -0.39 is 0 Å². The predicted octanol–water partition coefficient (Wildman–Crippen LogP) is 3.41. The number of carbonyl (C=O) groups is 1. The second-order valence-corrected chi connectivity index (χ2v) is 9.04. The van der Waals surface area contributed by atoms with E-state index in [4.69, 9.17) is 9.47 Å². The Morgan fingerprint density at radius 2 is 2.04 bits per heavy atom. The molecule has 0 radical (unpaired) electrons. The Balaban J connectivity index is 1.30. The fourth-order valence-electron chi connectivity index (χ4n) is 4.41. The van der Waals surface area contributed by atoms with Crippen molar-refractivity contribution in [3.63, 3.8) is 0 Å². The third-order valence-corrected chi connectivity index (χ3v) is 6.67. The van der Waals surface area contributed by atoms with E-state index in [0.29, 0.717) is 6.42 Å². The molecule has 0 saturated carbocycles. The third-order valence-electron chi connectivity index (χ3n) is 5.68. The zero-order valence-electron chi connectivity index (χ0n) is 14.9. The highest BCUT2D eigenvalue weighted by Gasteiger charge is 2.47. The van der Waals surface area contributed by atoms with Crippen molar-refractivity contribution in [3.05, 3.63) is 40.1 Å². The lowest BCUT2D eigenvalue weighted by molar-refractivity contribution is -0.117. The summed E-state index contributed by atoms with van der Waals surface area (Å²) in [7, 11) is 0. The summed E-state index contributed by atoms with van der Waals surface area (Å²) in [5.41, 5.74) is 1.00. The monoisotopic (exact) mass is 370 g/mol. The zero-order valence-corrected chi connectivity index (χ0v) is 15.7. The van der Waals surface area contributed by atoms with Crippen LogP contribution in [0.25, 0.3) is 0 Å². The van der Waals surface area contributed by atoms with Crippen LogP contribution < -0.4 is 14.4 Å². The normalized spacial score (nSPS) is 25.0. The van der Waals surface area contributed by atoms with Gasteiger partial charge in [0, 0.05) is 53.0 Å². The quantitative estimate of drug-likeness (QED) is 0.830. The maximum Gasteiger partial charge on any atom is 0.231 e. The van der Waals surface area contributed by atoms with Crippen LogP contribution in [0.2, 0.25) is 0 Å². The molecular formula is C20H22N2O3S. The van der Waals surface area contributed by atoms with Gasteiger partial charge in [0.2, 0.25) is 12.7 Å². The standard InChI is InChI=1S/C20H22N2O3S/c1-14-2-4-16(26-14)10-21-7-6-20(11-21)9-19(23)22(12-20)15-3-5-17-18(8-15)25-13-24-17/h2-5,8H,6-7,9-13H2,1H3. The van der Waals surface area contributed by atoms with Crippen molar-refractivity contribution in [2.45, 2.75) is 26.3 Å². The summed E-state index contributed by atoms with van der Waals surface area (Å²) in [6.07, 6.45) is 1.73. The van der Waals surface area contributed by atoms with E-state index in [1.54, 1.807) is 0 Å². The second kappa shape index (κ2) is 5.99. The number of hydrogen-bond acceptors (Lipinski definition) is 5. The van der Waals surface area contributed by atoms with Crippen molar-refractivity contribution in [2.75, 3.05) is 31.3 Å². The molecule has 1 aromatic carbocycles. The fraction of sp³-hybridized carbons (Fsp3) is 0.450. The predicted molar refractivity (Wildman–Crippen MR) is 101 cm³/mol. The van der Waals surface area contributed by atoms with Gasteiger partial charge in [-0.25, -0.2) is 0 Å². The molecule has 3 aliphatic heterocycles. The Kier molecular flexibility index (Phi) is 3.72. The lowest BCUT2D eigenvalue weighted by Crippen LogP contribution is -2.31. The maximum absolute atomic E-state index is 12.7. The molecule has 2 aromatic rings. The van der Waals surface area contributed by atoms with Crippen LogP contribution in [0.15, 0.2) is 30.3 Å². The maximum atomic E-state index is 12.7. The summed E-state index contributed by atoms with van der Waals surface area (Å²) in [4.78, 5) is 19.9. The van der Waals surface area contributed by atoms with E-state index >= 15 is 0 Å². The lowest BCUT2D eigenvalue weighted by atomic mass is 9.86. The van der Waals surface area contributed by atoms with E-state index in [2.05, 4.69) is 24.0 Å². The van der Waals surface area contributed by atoms with Crippen LogP contribution in [0.5, 0.6) is 11.5 Å². The number of carbonyl (C=O) groups excluding carboxylic acids is 1. The number of rotatable bonds is 3. The Morgan fingerprint density at radius 1 is 1.15 bits per heavy atom. The van der Waals surface area contributed by atoms with Gasteiger partial charge in [-0.1, -0.05) is 0 Å². The summed E-state index contributed by atoms with van der Waals surface area (Å²) >= 11 is 1.87. The molecule has 4 heterocycles. The van der Waals surface area contributed by atoms with Gasteiger partial charge in [0.25, 0.3) is 0 Å². The molecule has 1 spiro atoms. The molecule has 0 N–H and O–H groups in total. The molecule has 26 heavy (non-hydrogen) atoms. The van der Waals surface area contributed by atoms with E-state index in [1.807, 2.05) is 34.4 Å². The highest BCUT2D eigenvalue weighted by molar-refractivity contribution is 7.11. The van der Waals surface area contributed by atoms with Gasteiger partial charge in [-0.2, -0.15) is 0 Å². The Morgan fingerprint density at radius 3 is 2.88 bits per heavy atom. The number of likely N-dealkylation sites (tertiary alicyclic amines) is 1. The fourth-order valence-corrected chi connectivity index (χ4v) is 5.34. The Labute approximate surface area is 157 Å². The highest BCUT2D eigenvalue weighted by Crippen LogP contribution is 2.44. The number of ether oxygens (including phenoxy) is 2. The van der Waals surface area contributed by atoms with Gasteiger partial charge in [0.15, 0.2) is 11.5 Å². The minimum Gasteiger partial charge on any atom is -0.454 e. The number of thiophene rings is 1. The first-order chi connectivity index (χ1) is 12.6. The number of fused-ring (bicyclic) bond motifs is 1. The Bertz CT molecular complexity index is 864. The number of benzene rings is 1. The van der Waals surface area contributed by atoms with Crippen molar-refractivity contribution in [3.8, 4) is 11.5 Å². The number of anilines is 1. The van der Waals surface area contributed by atoms with Crippen LogP contribution >= 0.6 is 11.3 Å². The first kappa shape index (κ1) is 16.1. The van der Waals surface area contributed by atoms with Gasteiger partial charge < -0.3 is 14.4 Å². The number of aryl methyl sites for hydroxylation is 1. The minimum absolute atomic E-state index is 0.0831. The highest BCUT2D eigenvalue weighted by atomic mass is 32.1. The van der Waals surface area contributed by atoms with E-state index in [9.17, 15) is 4.79 Å². The van der Waals surface area contributed by atoms with Crippen LogP contribution in [0.4, 0.5) is 5.69 Å². The topological polar surface area (TPSA) is 42.0 Å². The average molecular weight is 370 g/mol. The zero-order chi connectivity index (χ0) is 17.7. The first-order valence-corrected chi connectivity index (χ1v) is 9.90. The SMILES string of the molecule is Cc1ccc(CN2CCC3(CC(=O)N(c4ccc5c(c4)OCO5)C3)C2)s1. The van der Waals surface area contributed by atoms with Crippen molar-refractivity contribution >= 4 is 22.9 Å². The minimum atomic E-state index is 0.0831. The molecule has 5 rings (SSSR count). The van der Waals surface area contributed by atoms with Crippen molar-refractivity contribution in [2.24, 2.45) is 5.41 Å². The molecule has 1 atom stereocenters. The molecular weight excluding hydrogens is 348 g/mol. The molecule has 3 aliphatic rings. The molecule has 136 valence electrons. The summed E-state index contributed by atoms with van der Waals surface area (Å²) < 4.78 is 10.8. The number of hydrogen-bond donors (Lipinski definition) is 0. The Hall–Kier alpha value is -2.05. The van der Waals surface area contributed by atoms with Crippen LogP contribution in [0.3, 0.4) is 0 Å². The van der Waals surface area contributed by atoms with Gasteiger partial charge in [-0.05, 0) is 44.2 Å². The van der Waals surface area contributed by atoms with Crippen LogP contribution in [0.1, 0.15) is 22.6 Å². The van der Waals surface area contributed by atoms with Crippen LogP contribution in [-0.2, 0) is 11.3 Å². The molecule has 2 saturated heterocycles. The third kappa shape index (κ3) is 2.77. The molecule has 1 aromatic heterocycles. The molecule has 6 heteroatoms. The second-order valence-electron chi connectivity index (χ2n) is 7.67. The first-order valence-electron chi connectivity index (χ1n) is 9.08. The average Bonchev–Trinajstić information content (AvgIpc) is 3.37. The van der Waals surface area contributed by atoms with E-state index in [1.165, 1.54) is 9.75 Å². The summed E-state index contributed by atoms with van der Waals surface area (Å²) in [5.74, 6) is 1.71. The molecule has 0 aliphatic carbocycles. The van der Waals surface area contributed by atoms with Crippen molar-refractivity contribution < 1.29 is 14.3 Å². The molecule has 2 fully saturated rings. The van der Waals surface area contributed by atoms with Crippen molar-refractivity contribution in [1.82, 2.24) is 4.90 Å². The largest absolute Gasteiger partial charge is 0.454 e. The summed E-state index contributed by atoms with van der Waals surface area (Å²) in [6, 6.07) is 10.2. The van der Waals surface area contributed by atoms with Gasteiger partial charge in [0.1, 0.15) is 0 Å². The molecule has 5 nitrogen and oxygen atoms in total. The van der Waals surface area contributed by atoms with Gasteiger partial charge in [0.05, 0.1) is 0 Å². The summed E-state index contributed by atoms with van der Waals surface area (Å²) in [6.45, 7) is 6.27. The molecule has 1 amide bonds. The number of amides is 1. The smallest absolute Gasteiger partial charge is 0.231 e. The van der Waals surface area contributed by atoms with Gasteiger partial charge in [-0.3, -0.25) is 9.69 Å². The van der Waals surface area contributed by atoms with Gasteiger partial charge >= 0.3 is 0 Å².